The molecule has 0 spiro atoms. The average Bonchev–Trinajstić information content (AvgIpc) is 3.16. The molecule has 0 bridgehead atoms. The lowest BCUT2D eigenvalue weighted by Crippen LogP contribution is -1.95. The molecule has 0 aliphatic heterocycles. The van der Waals surface area contributed by atoms with Crippen LogP contribution >= 0.6 is 0 Å². The molecule has 3 aromatic rings. The maximum Gasteiger partial charge on any atom is 0.203 e. The lowest BCUT2D eigenvalue weighted by atomic mass is 9.98. The van der Waals surface area contributed by atoms with E-state index in [1.165, 1.54) is 0 Å². The van der Waals surface area contributed by atoms with Crippen molar-refractivity contribution in [3.05, 3.63) is 48.9 Å². The summed E-state index contributed by atoms with van der Waals surface area (Å²) >= 11 is 0. The van der Waals surface area contributed by atoms with Crippen LogP contribution in [0.4, 0.5) is 0 Å². The molecule has 0 atom stereocenters. The monoisotopic (exact) mass is 340 g/mol. The first-order chi connectivity index (χ1) is 12.2. The van der Waals surface area contributed by atoms with Crippen molar-refractivity contribution >= 4 is 0 Å². The van der Waals surface area contributed by atoms with E-state index in [9.17, 15) is 0 Å². The van der Waals surface area contributed by atoms with Gasteiger partial charge in [-0.15, -0.1) is 0 Å². The summed E-state index contributed by atoms with van der Waals surface area (Å²) in [7, 11) is 6.43. The maximum atomic E-state index is 5.47. The lowest BCUT2D eigenvalue weighted by molar-refractivity contribution is 0.324. The first-order valence-corrected chi connectivity index (χ1v) is 7.72. The Kier molecular flexibility index (Phi) is 4.84. The number of furan rings is 1. The Balaban J connectivity index is 2.10. The Morgan fingerprint density at radius 2 is 1.20 bits per heavy atom. The summed E-state index contributed by atoms with van der Waals surface area (Å²) in [4.78, 5) is 0. The molecule has 5 nitrogen and oxygen atoms in total. The van der Waals surface area contributed by atoms with E-state index >= 15 is 0 Å². The van der Waals surface area contributed by atoms with E-state index in [2.05, 4.69) is 0 Å². The fourth-order valence-electron chi connectivity index (χ4n) is 2.75. The molecule has 0 aliphatic carbocycles. The standard InChI is InChI=1S/C20H20O5/c1-21-15-7-5-13(6-8-15)16-11-25-12-17(16)14-9-18(22-2)20(24-4)19(10-14)23-3/h5-12H,1-4H3. The average molecular weight is 340 g/mol. The first-order valence-electron chi connectivity index (χ1n) is 7.72. The Hall–Kier alpha value is -3.08. The van der Waals surface area contributed by atoms with E-state index in [-0.39, 0.29) is 0 Å². The molecule has 0 radical (unpaired) electrons. The van der Waals surface area contributed by atoms with Gasteiger partial charge in [0.15, 0.2) is 11.5 Å². The van der Waals surface area contributed by atoms with Gasteiger partial charge in [0.2, 0.25) is 5.75 Å². The van der Waals surface area contributed by atoms with Crippen LogP contribution in [0, 0.1) is 0 Å². The number of hydrogen-bond donors (Lipinski definition) is 0. The number of ether oxygens (including phenoxy) is 4. The summed E-state index contributed by atoms with van der Waals surface area (Å²) in [5.41, 5.74) is 3.84. The zero-order chi connectivity index (χ0) is 17.8. The van der Waals surface area contributed by atoms with Gasteiger partial charge >= 0.3 is 0 Å². The quantitative estimate of drug-likeness (QED) is 0.654. The van der Waals surface area contributed by atoms with E-state index in [0.717, 1.165) is 28.0 Å². The molecule has 1 heterocycles. The summed E-state index contributed by atoms with van der Waals surface area (Å²) in [6.07, 6.45) is 3.43. The summed E-state index contributed by atoms with van der Waals surface area (Å²) in [5, 5.41) is 0. The molecule has 3 rings (SSSR count). The van der Waals surface area contributed by atoms with E-state index < -0.39 is 0 Å². The zero-order valence-corrected chi connectivity index (χ0v) is 14.7. The topological polar surface area (TPSA) is 50.1 Å². The van der Waals surface area contributed by atoms with Crippen molar-refractivity contribution in [2.45, 2.75) is 0 Å². The molecule has 130 valence electrons. The molecule has 25 heavy (non-hydrogen) atoms. The minimum atomic E-state index is 0.559. The van der Waals surface area contributed by atoms with Crippen LogP contribution in [0.3, 0.4) is 0 Å². The summed E-state index contributed by atoms with van der Waals surface area (Å²) < 4.78 is 27.0. The second-order valence-electron chi connectivity index (χ2n) is 5.34. The number of hydrogen-bond acceptors (Lipinski definition) is 5. The van der Waals surface area contributed by atoms with E-state index in [1.54, 1.807) is 41.0 Å². The summed E-state index contributed by atoms with van der Waals surface area (Å²) in [5.74, 6) is 2.56. The minimum Gasteiger partial charge on any atom is -0.497 e. The first kappa shape index (κ1) is 16.8. The normalized spacial score (nSPS) is 10.4. The predicted octanol–water partition coefficient (Wildman–Crippen LogP) is 4.65. The van der Waals surface area contributed by atoms with Crippen molar-refractivity contribution in [2.75, 3.05) is 28.4 Å². The van der Waals surface area contributed by atoms with Crippen LogP contribution in [0.1, 0.15) is 0 Å². The van der Waals surface area contributed by atoms with Gasteiger partial charge in [-0.05, 0) is 35.4 Å². The van der Waals surface area contributed by atoms with Crippen LogP contribution in [-0.4, -0.2) is 28.4 Å². The molecule has 0 saturated heterocycles. The zero-order valence-electron chi connectivity index (χ0n) is 14.7. The lowest BCUT2D eigenvalue weighted by Gasteiger charge is -2.14. The summed E-state index contributed by atoms with van der Waals surface area (Å²) in [6, 6.07) is 11.6. The van der Waals surface area contributed by atoms with Gasteiger partial charge in [-0.3, -0.25) is 0 Å². The van der Waals surface area contributed by atoms with Crippen LogP contribution < -0.4 is 18.9 Å². The number of benzene rings is 2. The van der Waals surface area contributed by atoms with Crippen molar-refractivity contribution < 1.29 is 23.4 Å². The van der Waals surface area contributed by atoms with Gasteiger partial charge in [0, 0.05) is 11.1 Å². The largest absolute Gasteiger partial charge is 0.497 e. The fraction of sp³-hybridized carbons (Fsp3) is 0.200. The van der Waals surface area contributed by atoms with Crippen molar-refractivity contribution in [1.82, 2.24) is 0 Å². The molecule has 1 aromatic heterocycles. The smallest absolute Gasteiger partial charge is 0.203 e. The molecule has 0 unspecified atom stereocenters. The van der Waals surface area contributed by atoms with Crippen molar-refractivity contribution in [3.63, 3.8) is 0 Å². The van der Waals surface area contributed by atoms with Crippen molar-refractivity contribution in [2.24, 2.45) is 0 Å². The molecule has 2 aromatic carbocycles. The van der Waals surface area contributed by atoms with Gasteiger partial charge in [-0.25, -0.2) is 0 Å². The second kappa shape index (κ2) is 7.21. The summed E-state index contributed by atoms with van der Waals surface area (Å²) in [6.45, 7) is 0. The highest BCUT2D eigenvalue weighted by molar-refractivity contribution is 5.84. The Labute approximate surface area is 146 Å². The minimum absolute atomic E-state index is 0.559. The third-order valence-electron chi connectivity index (χ3n) is 4.04. The highest BCUT2D eigenvalue weighted by Crippen LogP contribution is 2.43. The van der Waals surface area contributed by atoms with Crippen LogP contribution in [0.2, 0.25) is 0 Å². The number of methoxy groups -OCH3 is 4. The van der Waals surface area contributed by atoms with Gasteiger partial charge in [0.25, 0.3) is 0 Å². The van der Waals surface area contributed by atoms with Crippen LogP contribution in [0.5, 0.6) is 23.0 Å². The molecular weight excluding hydrogens is 320 g/mol. The maximum absolute atomic E-state index is 5.47. The van der Waals surface area contributed by atoms with Gasteiger partial charge in [0.05, 0.1) is 41.0 Å². The van der Waals surface area contributed by atoms with E-state index in [4.69, 9.17) is 23.4 Å². The van der Waals surface area contributed by atoms with Crippen LogP contribution in [-0.2, 0) is 0 Å². The second-order valence-corrected chi connectivity index (χ2v) is 5.34. The van der Waals surface area contributed by atoms with Gasteiger partial charge in [0.1, 0.15) is 5.75 Å². The highest BCUT2D eigenvalue weighted by atomic mass is 16.5. The molecule has 0 saturated carbocycles. The van der Waals surface area contributed by atoms with E-state index in [0.29, 0.717) is 17.2 Å². The molecule has 0 amide bonds. The number of rotatable bonds is 6. The third kappa shape index (κ3) is 3.13. The van der Waals surface area contributed by atoms with Crippen LogP contribution in [0.15, 0.2) is 53.3 Å². The Morgan fingerprint density at radius 3 is 1.68 bits per heavy atom. The molecule has 0 fully saturated rings. The molecule has 0 N–H and O–H groups in total. The van der Waals surface area contributed by atoms with Gasteiger partial charge in [-0.2, -0.15) is 0 Å². The third-order valence-corrected chi connectivity index (χ3v) is 4.04. The molecular formula is C20H20O5. The molecule has 5 heteroatoms. The predicted molar refractivity (Wildman–Crippen MR) is 95.8 cm³/mol. The Bertz CT molecular complexity index is 824. The SMILES string of the molecule is COc1ccc(-c2cocc2-c2cc(OC)c(OC)c(OC)c2)cc1. The Morgan fingerprint density at radius 1 is 0.640 bits per heavy atom. The van der Waals surface area contributed by atoms with Gasteiger partial charge < -0.3 is 23.4 Å². The van der Waals surface area contributed by atoms with Crippen molar-refractivity contribution in [3.8, 4) is 45.3 Å². The molecule has 0 aliphatic rings. The van der Waals surface area contributed by atoms with Gasteiger partial charge in [-0.1, -0.05) is 12.1 Å². The van der Waals surface area contributed by atoms with E-state index in [1.807, 2.05) is 36.4 Å². The highest BCUT2D eigenvalue weighted by Gasteiger charge is 2.17. The fourth-order valence-corrected chi connectivity index (χ4v) is 2.75. The van der Waals surface area contributed by atoms with Crippen molar-refractivity contribution in [1.29, 1.82) is 0 Å². The van der Waals surface area contributed by atoms with Crippen LogP contribution in [0.25, 0.3) is 22.3 Å².